The molecule has 130 valence electrons. The first-order valence-electron chi connectivity index (χ1n) is 7.99. The quantitative estimate of drug-likeness (QED) is 0.616. The predicted molar refractivity (Wildman–Crippen MR) is 91.3 cm³/mol. The predicted octanol–water partition coefficient (Wildman–Crippen LogP) is 2.45. The molecule has 1 aromatic carbocycles. The molecule has 7 heteroatoms. The van der Waals surface area contributed by atoms with Crippen LogP contribution in [0.25, 0.3) is 0 Å². The Bertz CT molecular complexity index is 757. The van der Waals surface area contributed by atoms with E-state index >= 15 is 0 Å². The van der Waals surface area contributed by atoms with Gasteiger partial charge in [0, 0.05) is 12.7 Å². The standard InChI is InChI=1S/C18H20N4O3/c23-16(17-7-4-10-25-17)13-22(12-14-5-2-1-3-6-14)18(24)19-11-15-8-9-20-21-15/h1-10,16,23H,11-13H2,(H,19,24)(H,20,21). The summed E-state index contributed by atoms with van der Waals surface area (Å²) in [6.45, 7) is 0.839. The minimum Gasteiger partial charge on any atom is -0.467 e. The Kier molecular flexibility index (Phi) is 5.48. The third-order valence-electron chi connectivity index (χ3n) is 3.76. The second-order valence-electron chi connectivity index (χ2n) is 5.64. The molecule has 0 saturated heterocycles. The van der Waals surface area contributed by atoms with Crippen molar-refractivity contribution in [3.8, 4) is 0 Å². The van der Waals surface area contributed by atoms with Crippen LogP contribution in [-0.2, 0) is 13.1 Å². The molecule has 2 aromatic heterocycles. The van der Waals surface area contributed by atoms with Crippen LogP contribution in [0.2, 0.25) is 0 Å². The van der Waals surface area contributed by atoms with Gasteiger partial charge in [-0.3, -0.25) is 5.10 Å². The molecule has 1 unspecified atom stereocenters. The summed E-state index contributed by atoms with van der Waals surface area (Å²) in [7, 11) is 0. The Labute approximate surface area is 145 Å². The minimum atomic E-state index is -0.892. The van der Waals surface area contributed by atoms with Gasteiger partial charge in [0.1, 0.15) is 11.9 Å². The van der Waals surface area contributed by atoms with Crippen LogP contribution < -0.4 is 5.32 Å². The average Bonchev–Trinajstić information content (AvgIpc) is 3.33. The lowest BCUT2D eigenvalue weighted by Crippen LogP contribution is -2.41. The summed E-state index contributed by atoms with van der Waals surface area (Å²) < 4.78 is 5.22. The molecule has 3 N–H and O–H groups in total. The maximum atomic E-state index is 12.6. The maximum Gasteiger partial charge on any atom is 0.318 e. The molecular formula is C18H20N4O3. The third kappa shape index (κ3) is 4.71. The number of rotatable bonds is 7. The Morgan fingerprint density at radius 1 is 1.24 bits per heavy atom. The summed E-state index contributed by atoms with van der Waals surface area (Å²) >= 11 is 0. The van der Waals surface area contributed by atoms with E-state index in [1.165, 1.54) is 6.26 Å². The number of H-pyrrole nitrogens is 1. The first-order chi connectivity index (χ1) is 12.2. The smallest absolute Gasteiger partial charge is 0.318 e. The number of furan rings is 1. The van der Waals surface area contributed by atoms with Crippen molar-refractivity contribution in [2.24, 2.45) is 0 Å². The van der Waals surface area contributed by atoms with Gasteiger partial charge in [0.25, 0.3) is 0 Å². The summed E-state index contributed by atoms with van der Waals surface area (Å²) in [5.74, 6) is 0.430. The number of urea groups is 1. The fourth-order valence-corrected chi connectivity index (χ4v) is 2.47. The van der Waals surface area contributed by atoms with Crippen molar-refractivity contribution in [3.63, 3.8) is 0 Å². The van der Waals surface area contributed by atoms with E-state index in [2.05, 4.69) is 15.5 Å². The molecule has 0 fully saturated rings. The summed E-state index contributed by atoms with van der Waals surface area (Å²) in [6, 6.07) is 14.5. The number of aliphatic hydroxyl groups excluding tert-OH is 1. The van der Waals surface area contributed by atoms with Crippen LogP contribution in [0.5, 0.6) is 0 Å². The van der Waals surface area contributed by atoms with Crippen molar-refractivity contribution < 1.29 is 14.3 Å². The monoisotopic (exact) mass is 340 g/mol. The molecule has 0 spiro atoms. The number of nitrogens with zero attached hydrogens (tertiary/aromatic N) is 2. The number of aromatic nitrogens is 2. The van der Waals surface area contributed by atoms with Crippen LogP contribution in [-0.4, -0.2) is 32.8 Å². The molecule has 0 bridgehead atoms. The first-order valence-corrected chi connectivity index (χ1v) is 7.99. The highest BCUT2D eigenvalue weighted by Crippen LogP contribution is 2.16. The Morgan fingerprint density at radius 3 is 2.76 bits per heavy atom. The number of nitrogens with one attached hydrogen (secondary N) is 2. The number of aromatic amines is 1. The maximum absolute atomic E-state index is 12.6. The topological polar surface area (TPSA) is 94.4 Å². The molecule has 0 radical (unpaired) electrons. The number of hydrogen-bond donors (Lipinski definition) is 3. The number of carbonyl (C=O) groups is 1. The molecule has 0 aliphatic rings. The summed E-state index contributed by atoms with van der Waals surface area (Å²) in [6.07, 6.45) is 2.24. The van der Waals surface area contributed by atoms with Gasteiger partial charge in [0.05, 0.1) is 25.0 Å². The highest BCUT2D eigenvalue weighted by molar-refractivity contribution is 5.74. The summed E-state index contributed by atoms with van der Waals surface area (Å²) in [4.78, 5) is 14.1. The van der Waals surface area contributed by atoms with Crippen molar-refractivity contribution in [2.75, 3.05) is 6.54 Å². The second kappa shape index (κ2) is 8.16. The summed E-state index contributed by atoms with van der Waals surface area (Å²) in [5.41, 5.74) is 1.78. The summed E-state index contributed by atoms with van der Waals surface area (Å²) in [5, 5.41) is 19.8. The first kappa shape index (κ1) is 16.8. The van der Waals surface area contributed by atoms with Gasteiger partial charge < -0.3 is 19.7 Å². The van der Waals surface area contributed by atoms with E-state index in [1.807, 2.05) is 30.3 Å². The van der Waals surface area contributed by atoms with Crippen LogP contribution in [0.4, 0.5) is 4.79 Å². The second-order valence-corrected chi connectivity index (χ2v) is 5.64. The van der Waals surface area contributed by atoms with Crippen molar-refractivity contribution in [1.29, 1.82) is 0 Å². The third-order valence-corrected chi connectivity index (χ3v) is 3.76. The molecule has 0 saturated carbocycles. The van der Waals surface area contributed by atoms with Crippen molar-refractivity contribution >= 4 is 6.03 Å². The van der Waals surface area contributed by atoms with E-state index in [9.17, 15) is 9.90 Å². The molecule has 2 heterocycles. The molecule has 0 aliphatic heterocycles. The highest BCUT2D eigenvalue weighted by atomic mass is 16.4. The lowest BCUT2D eigenvalue weighted by Gasteiger charge is -2.25. The highest BCUT2D eigenvalue weighted by Gasteiger charge is 2.20. The van der Waals surface area contributed by atoms with Gasteiger partial charge in [-0.1, -0.05) is 30.3 Å². The van der Waals surface area contributed by atoms with Gasteiger partial charge in [-0.2, -0.15) is 5.10 Å². The molecule has 25 heavy (non-hydrogen) atoms. The van der Waals surface area contributed by atoms with Crippen molar-refractivity contribution in [2.45, 2.75) is 19.2 Å². The zero-order valence-electron chi connectivity index (χ0n) is 13.6. The van der Waals surface area contributed by atoms with Gasteiger partial charge in [0.15, 0.2) is 0 Å². The average molecular weight is 340 g/mol. The van der Waals surface area contributed by atoms with Gasteiger partial charge in [-0.05, 0) is 23.8 Å². The Balaban J connectivity index is 1.67. The van der Waals surface area contributed by atoms with Gasteiger partial charge in [0.2, 0.25) is 0 Å². The fourth-order valence-electron chi connectivity index (χ4n) is 2.47. The number of amides is 2. The normalized spacial score (nSPS) is 11.9. The van der Waals surface area contributed by atoms with E-state index in [-0.39, 0.29) is 12.6 Å². The SMILES string of the molecule is O=C(NCc1ccn[nH]1)N(Cc1ccccc1)CC(O)c1ccco1. The number of benzene rings is 1. The van der Waals surface area contributed by atoms with Crippen LogP contribution in [0.1, 0.15) is 23.1 Å². The largest absolute Gasteiger partial charge is 0.467 e. The van der Waals surface area contributed by atoms with E-state index in [4.69, 9.17) is 4.42 Å². The van der Waals surface area contributed by atoms with Crippen LogP contribution in [0, 0.1) is 0 Å². The lowest BCUT2D eigenvalue weighted by atomic mass is 10.2. The zero-order chi connectivity index (χ0) is 17.5. The fraction of sp³-hybridized carbons (Fsp3) is 0.222. The molecule has 3 aromatic rings. The number of aliphatic hydroxyl groups is 1. The Hall–Kier alpha value is -3.06. The zero-order valence-corrected chi connectivity index (χ0v) is 13.6. The van der Waals surface area contributed by atoms with E-state index < -0.39 is 6.10 Å². The van der Waals surface area contributed by atoms with E-state index in [0.29, 0.717) is 18.8 Å². The van der Waals surface area contributed by atoms with Gasteiger partial charge in [-0.25, -0.2) is 4.79 Å². The number of carbonyl (C=O) groups excluding carboxylic acids is 1. The molecule has 1 atom stereocenters. The van der Waals surface area contributed by atoms with E-state index in [0.717, 1.165) is 11.3 Å². The van der Waals surface area contributed by atoms with Crippen LogP contribution in [0.3, 0.4) is 0 Å². The van der Waals surface area contributed by atoms with Gasteiger partial charge in [-0.15, -0.1) is 0 Å². The van der Waals surface area contributed by atoms with Crippen molar-refractivity contribution in [3.05, 3.63) is 78.0 Å². The molecule has 7 nitrogen and oxygen atoms in total. The molecule has 3 rings (SSSR count). The molecule has 0 aliphatic carbocycles. The van der Waals surface area contributed by atoms with Crippen molar-refractivity contribution in [1.82, 2.24) is 20.4 Å². The van der Waals surface area contributed by atoms with Crippen LogP contribution in [0.15, 0.2) is 65.4 Å². The van der Waals surface area contributed by atoms with Gasteiger partial charge >= 0.3 is 6.03 Å². The minimum absolute atomic E-state index is 0.122. The number of hydrogen-bond acceptors (Lipinski definition) is 4. The lowest BCUT2D eigenvalue weighted by molar-refractivity contribution is 0.101. The van der Waals surface area contributed by atoms with E-state index in [1.54, 1.807) is 29.3 Å². The van der Waals surface area contributed by atoms with Crippen LogP contribution >= 0.6 is 0 Å². The molecular weight excluding hydrogens is 320 g/mol. The molecule has 2 amide bonds. The Morgan fingerprint density at radius 2 is 2.08 bits per heavy atom.